The molecule has 1 fully saturated rings. The molecule has 92 valence electrons. The average molecular weight is 227 g/mol. The minimum Gasteiger partial charge on any atom is -0.356 e. The van der Waals surface area contributed by atoms with Gasteiger partial charge in [-0.15, -0.1) is 0 Å². The Morgan fingerprint density at radius 1 is 1.06 bits per heavy atom. The molecule has 0 bridgehead atoms. The molecule has 0 spiro atoms. The summed E-state index contributed by atoms with van der Waals surface area (Å²) in [5.74, 6) is -0.0735. The predicted octanol–water partition coefficient (Wildman–Crippen LogP) is -0.516. The molecule has 5 nitrogen and oxygen atoms in total. The lowest BCUT2D eigenvalue weighted by atomic mass is 9.89. The van der Waals surface area contributed by atoms with Gasteiger partial charge in [-0.1, -0.05) is 0 Å². The molecule has 2 amide bonds. The third-order valence-corrected chi connectivity index (χ3v) is 2.79. The van der Waals surface area contributed by atoms with E-state index in [9.17, 15) is 9.59 Å². The summed E-state index contributed by atoms with van der Waals surface area (Å²) in [5.41, 5.74) is 0. The summed E-state index contributed by atoms with van der Waals surface area (Å²) < 4.78 is 0. The van der Waals surface area contributed by atoms with E-state index in [-0.39, 0.29) is 23.7 Å². The molecule has 0 aromatic carbocycles. The monoisotopic (exact) mass is 227 g/mol. The molecule has 5 heteroatoms. The van der Waals surface area contributed by atoms with Crippen LogP contribution in [-0.2, 0) is 9.59 Å². The summed E-state index contributed by atoms with van der Waals surface area (Å²) in [6.45, 7) is 6.41. The van der Waals surface area contributed by atoms with Crippen molar-refractivity contribution in [3.63, 3.8) is 0 Å². The van der Waals surface area contributed by atoms with Crippen molar-refractivity contribution in [2.45, 2.75) is 20.3 Å². The molecule has 1 heterocycles. The maximum Gasteiger partial charge on any atom is 0.224 e. The third kappa shape index (κ3) is 3.48. The number of amides is 2. The zero-order valence-corrected chi connectivity index (χ0v) is 10.0. The van der Waals surface area contributed by atoms with Gasteiger partial charge in [-0.3, -0.25) is 9.59 Å². The van der Waals surface area contributed by atoms with E-state index < -0.39 is 0 Å². The minimum absolute atomic E-state index is 0.0454. The van der Waals surface area contributed by atoms with Crippen molar-refractivity contribution in [1.29, 1.82) is 0 Å². The van der Waals surface area contributed by atoms with Crippen LogP contribution in [-0.4, -0.2) is 38.0 Å². The smallest absolute Gasteiger partial charge is 0.224 e. The van der Waals surface area contributed by atoms with Crippen molar-refractivity contribution in [2.75, 3.05) is 26.2 Å². The molecule has 1 saturated heterocycles. The summed E-state index contributed by atoms with van der Waals surface area (Å²) in [6, 6.07) is 0. The highest BCUT2D eigenvalue weighted by Crippen LogP contribution is 2.16. The standard InChI is InChI=1S/C11H21N3O2/c1-3-13-10(15)8-5-9(7-12-6-8)11(16)14-4-2/h8-9,12H,3-7H2,1-2H3,(H,13,15)(H,14,16). The largest absolute Gasteiger partial charge is 0.356 e. The topological polar surface area (TPSA) is 70.2 Å². The van der Waals surface area contributed by atoms with E-state index in [0.29, 0.717) is 32.6 Å². The summed E-state index contributed by atoms with van der Waals surface area (Å²) in [6.07, 6.45) is 0.644. The zero-order valence-electron chi connectivity index (χ0n) is 10.0. The van der Waals surface area contributed by atoms with Crippen molar-refractivity contribution in [3.8, 4) is 0 Å². The summed E-state index contributed by atoms with van der Waals surface area (Å²) >= 11 is 0. The number of nitrogens with one attached hydrogen (secondary N) is 3. The van der Waals surface area contributed by atoms with Crippen molar-refractivity contribution < 1.29 is 9.59 Å². The minimum atomic E-state index is -0.0821. The second-order valence-electron chi connectivity index (χ2n) is 4.08. The third-order valence-electron chi connectivity index (χ3n) is 2.79. The maximum absolute atomic E-state index is 11.6. The number of carbonyl (C=O) groups is 2. The van der Waals surface area contributed by atoms with Gasteiger partial charge < -0.3 is 16.0 Å². The van der Waals surface area contributed by atoms with Crippen LogP contribution in [0.2, 0.25) is 0 Å². The van der Waals surface area contributed by atoms with Crippen LogP contribution in [0.25, 0.3) is 0 Å². The van der Waals surface area contributed by atoms with E-state index in [4.69, 9.17) is 0 Å². The van der Waals surface area contributed by atoms with Crippen LogP contribution in [0.15, 0.2) is 0 Å². The van der Waals surface area contributed by atoms with Crippen LogP contribution in [0, 0.1) is 11.8 Å². The van der Waals surface area contributed by atoms with E-state index in [1.165, 1.54) is 0 Å². The molecule has 0 aromatic rings. The second kappa shape index (κ2) is 6.48. The molecule has 3 N–H and O–H groups in total. The van der Waals surface area contributed by atoms with Crippen LogP contribution < -0.4 is 16.0 Å². The number of hydrogen-bond donors (Lipinski definition) is 3. The SMILES string of the molecule is CCNC(=O)C1CNCC(C(=O)NCC)C1. The zero-order chi connectivity index (χ0) is 12.0. The number of rotatable bonds is 4. The fourth-order valence-electron chi connectivity index (χ4n) is 1.98. The average Bonchev–Trinajstić information content (AvgIpc) is 2.30. The lowest BCUT2D eigenvalue weighted by Gasteiger charge is -2.28. The Morgan fingerprint density at radius 2 is 1.50 bits per heavy atom. The van der Waals surface area contributed by atoms with Crippen LogP contribution in [0.1, 0.15) is 20.3 Å². The Hall–Kier alpha value is -1.10. The number of hydrogen-bond acceptors (Lipinski definition) is 3. The Kier molecular flexibility index (Phi) is 5.25. The molecule has 2 unspecified atom stereocenters. The van der Waals surface area contributed by atoms with Gasteiger partial charge in [0.05, 0.1) is 11.8 Å². The van der Waals surface area contributed by atoms with Crippen molar-refractivity contribution in [1.82, 2.24) is 16.0 Å². The van der Waals surface area contributed by atoms with Gasteiger partial charge in [-0.2, -0.15) is 0 Å². The second-order valence-corrected chi connectivity index (χ2v) is 4.08. The Labute approximate surface area is 96.4 Å². The predicted molar refractivity (Wildman–Crippen MR) is 61.8 cm³/mol. The molecule has 0 saturated carbocycles. The lowest BCUT2D eigenvalue weighted by molar-refractivity contribution is -0.129. The Bertz CT molecular complexity index is 232. The van der Waals surface area contributed by atoms with E-state index in [1.807, 2.05) is 13.8 Å². The first-order valence-electron chi connectivity index (χ1n) is 5.95. The fourth-order valence-corrected chi connectivity index (χ4v) is 1.98. The van der Waals surface area contributed by atoms with Gasteiger partial charge >= 0.3 is 0 Å². The molecular weight excluding hydrogens is 206 g/mol. The van der Waals surface area contributed by atoms with Gasteiger partial charge in [0.25, 0.3) is 0 Å². The highest BCUT2D eigenvalue weighted by Gasteiger charge is 2.30. The van der Waals surface area contributed by atoms with Crippen molar-refractivity contribution >= 4 is 11.8 Å². The summed E-state index contributed by atoms with van der Waals surface area (Å²) in [4.78, 5) is 23.3. The van der Waals surface area contributed by atoms with Crippen LogP contribution in [0.4, 0.5) is 0 Å². The first kappa shape index (κ1) is 13.0. The highest BCUT2D eigenvalue weighted by atomic mass is 16.2. The quantitative estimate of drug-likeness (QED) is 0.605. The molecule has 0 aliphatic carbocycles. The van der Waals surface area contributed by atoms with Crippen LogP contribution >= 0.6 is 0 Å². The number of carbonyl (C=O) groups excluding carboxylic acids is 2. The normalized spacial score (nSPS) is 24.9. The van der Waals surface area contributed by atoms with Gasteiger partial charge in [-0.25, -0.2) is 0 Å². The van der Waals surface area contributed by atoms with Gasteiger partial charge in [0.2, 0.25) is 11.8 Å². The fraction of sp³-hybridized carbons (Fsp3) is 0.818. The first-order valence-corrected chi connectivity index (χ1v) is 5.95. The highest BCUT2D eigenvalue weighted by molar-refractivity contribution is 5.82. The molecule has 2 atom stereocenters. The van der Waals surface area contributed by atoms with Crippen LogP contribution in [0.5, 0.6) is 0 Å². The first-order chi connectivity index (χ1) is 7.69. The molecule has 0 aromatic heterocycles. The van der Waals surface area contributed by atoms with Gasteiger partial charge in [0, 0.05) is 26.2 Å². The molecular formula is C11H21N3O2. The van der Waals surface area contributed by atoms with Gasteiger partial charge in [-0.05, 0) is 20.3 Å². The molecule has 1 rings (SSSR count). The van der Waals surface area contributed by atoms with E-state index >= 15 is 0 Å². The Morgan fingerprint density at radius 3 is 1.88 bits per heavy atom. The Balaban J connectivity index is 2.46. The molecule has 1 aliphatic heterocycles. The van der Waals surface area contributed by atoms with E-state index in [0.717, 1.165) is 0 Å². The maximum atomic E-state index is 11.6. The van der Waals surface area contributed by atoms with Gasteiger partial charge in [0.1, 0.15) is 0 Å². The van der Waals surface area contributed by atoms with Crippen molar-refractivity contribution in [2.24, 2.45) is 11.8 Å². The van der Waals surface area contributed by atoms with Crippen LogP contribution in [0.3, 0.4) is 0 Å². The molecule has 16 heavy (non-hydrogen) atoms. The number of piperidine rings is 1. The lowest BCUT2D eigenvalue weighted by Crippen LogP contribution is -2.48. The molecule has 1 aliphatic rings. The summed E-state index contributed by atoms with van der Waals surface area (Å²) in [5, 5.41) is 8.73. The van der Waals surface area contributed by atoms with E-state index in [1.54, 1.807) is 0 Å². The van der Waals surface area contributed by atoms with E-state index in [2.05, 4.69) is 16.0 Å². The van der Waals surface area contributed by atoms with Gasteiger partial charge in [0.15, 0.2) is 0 Å². The molecule has 0 radical (unpaired) electrons. The van der Waals surface area contributed by atoms with Crippen molar-refractivity contribution in [3.05, 3.63) is 0 Å². The summed E-state index contributed by atoms with van der Waals surface area (Å²) in [7, 11) is 0.